The van der Waals surface area contributed by atoms with Crippen LogP contribution in [0.2, 0.25) is 0 Å². The number of nitrogens with zero attached hydrogens (tertiary/aromatic N) is 5. The minimum atomic E-state index is -0.277. The minimum absolute atomic E-state index is 0.267. The molecule has 1 atom stereocenters. The molecule has 1 unspecified atom stereocenters. The largest absolute Gasteiger partial charge is 0.371 e. The number of anilines is 2. The lowest BCUT2D eigenvalue weighted by atomic mass is 10.1. The smallest absolute Gasteiger partial charge is 0.229 e. The summed E-state index contributed by atoms with van der Waals surface area (Å²) in [6, 6.07) is 16.6. The molecule has 0 bridgehead atoms. The lowest BCUT2D eigenvalue weighted by Gasteiger charge is -2.34. The van der Waals surface area contributed by atoms with Crippen molar-refractivity contribution in [3.05, 3.63) is 77.9 Å². The first-order valence-corrected chi connectivity index (χ1v) is 14.0. The van der Waals surface area contributed by atoms with E-state index in [9.17, 15) is 0 Å². The molecule has 4 heterocycles. The number of aromatic nitrogens is 3. The molecule has 39 heavy (non-hydrogen) atoms. The number of rotatable bonds is 7. The normalized spacial score (nSPS) is 20.9. The molecule has 0 spiro atoms. The molecular weight excluding hydrogens is 493 g/mol. The summed E-state index contributed by atoms with van der Waals surface area (Å²) in [5, 5.41) is 7.48. The molecule has 0 radical (unpaired) electrons. The third-order valence-electron chi connectivity index (χ3n) is 8.05. The van der Waals surface area contributed by atoms with Gasteiger partial charge in [0.25, 0.3) is 0 Å². The maximum Gasteiger partial charge on any atom is 0.229 e. The van der Waals surface area contributed by atoms with E-state index in [1.54, 1.807) is 12.3 Å². The molecule has 1 aliphatic carbocycles. The fourth-order valence-electron chi connectivity index (χ4n) is 5.69. The highest BCUT2D eigenvalue weighted by Gasteiger charge is 2.31. The zero-order chi connectivity index (χ0) is 26.2. The quantitative estimate of drug-likeness (QED) is 0.373. The van der Waals surface area contributed by atoms with Crippen molar-refractivity contribution in [1.29, 1.82) is 0 Å². The van der Waals surface area contributed by atoms with E-state index in [1.807, 2.05) is 29.0 Å². The number of fused-ring (bicyclic) bond motifs is 1. The molecule has 4 aromatic rings. The number of nitrogens with one attached hydrogen (secondary N) is 2. The molecule has 2 N–H and O–H groups in total. The fraction of sp³-hybridized carbons (Fsp3) is 0.400. The van der Waals surface area contributed by atoms with Crippen LogP contribution in [0.25, 0.3) is 16.7 Å². The van der Waals surface area contributed by atoms with Crippen LogP contribution in [0.15, 0.2) is 60.9 Å². The first-order valence-electron chi connectivity index (χ1n) is 14.0. The number of halogens is 1. The van der Waals surface area contributed by atoms with Crippen LogP contribution in [0.5, 0.6) is 0 Å². The van der Waals surface area contributed by atoms with Crippen molar-refractivity contribution in [2.24, 2.45) is 0 Å². The molecule has 2 aliphatic heterocycles. The molecule has 7 rings (SSSR count). The van der Waals surface area contributed by atoms with Gasteiger partial charge in [0.05, 0.1) is 12.7 Å². The third-order valence-corrected chi connectivity index (χ3v) is 8.05. The first-order chi connectivity index (χ1) is 19.2. The maximum absolute atomic E-state index is 15.1. The molecule has 2 saturated heterocycles. The van der Waals surface area contributed by atoms with Crippen LogP contribution in [0.3, 0.4) is 0 Å². The molecule has 2 aromatic carbocycles. The Morgan fingerprint density at radius 1 is 1.03 bits per heavy atom. The Kier molecular flexibility index (Phi) is 6.74. The molecule has 3 fully saturated rings. The second kappa shape index (κ2) is 10.7. The predicted molar refractivity (Wildman–Crippen MR) is 150 cm³/mol. The number of piperazine rings is 1. The fourth-order valence-corrected chi connectivity index (χ4v) is 5.69. The highest BCUT2D eigenvalue weighted by Crippen LogP contribution is 2.28. The number of benzene rings is 2. The summed E-state index contributed by atoms with van der Waals surface area (Å²) in [6.45, 7) is 7.64. The third kappa shape index (κ3) is 5.40. The van der Waals surface area contributed by atoms with Gasteiger partial charge in [-0.25, -0.2) is 9.37 Å². The summed E-state index contributed by atoms with van der Waals surface area (Å²) in [5.74, 6) is 0.227. The molecule has 202 valence electrons. The Hall–Kier alpha value is -3.37. The molecule has 1 saturated carbocycles. The zero-order valence-corrected chi connectivity index (χ0v) is 22.0. The summed E-state index contributed by atoms with van der Waals surface area (Å²) < 4.78 is 22.7. The number of hydrogen-bond acceptors (Lipinski definition) is 7. The van der Waals surface area contributed by atoms with Gasteiger partial charge in [-0.05, 0) is 48.7 Å². The first kappa shape index (κ1) is 24.7. The van der Waals surface area contributed by atoms with Gasteiger partial charge in [0, 0.05) is 86.6 Å². The van der Waals surface area contributed by atoms with Crippen LogP contribution in [-0.4, -0.2) is 76.3 Å². The van der Waals surface area contributed by atoms with Crippen molar-refractivity contribution in [2.75, 3.05) is 51.2 Å². The average molecular weight is 528 g/mol. The van der Waals surface area contributed by atoms with Gasteiger partial charge >= 0.3 is 0 Å². The lowest BCUT2D eigenvalue weighted by Crippen LogP contribution is -2.46. The Morgan fingerprint density at radius 3 is 2.62 bits per heavy atom. The standard InChI is InChI=1S/C30H34FN7O/c31-27-17-25(7-8-26(27)28-19-32-10-16-39-28)38-11-9-22-18-33-30(35-29(22)38)34-23-3-1-21(2-4-23)20-36-12-14-37(15-13-36)24-5-6-24/h1-4,7-9,11,17-18,24,28,32H,5-6,10,12-16,19-20H2,(H,33,34,35). The summed E-state index contributed by atoms with van der Waals surface area (Å²) in [6.07, 6.45) is 6.20. The van der Waals surface area contributed by atoms with Crippen LogP contribution in [0.1, 0.15) is 30.1 Å². The average Bonchev–Trinajstić information content (AvgIpc) is 3.74. The number of ether oxygens (including phenoxy) is 1. The monoisotopic (exact) mass is 527 g/mol. The molecule has 3 aliphatic rings. The van der Waals surface area contributed by atoms with Gasteiger partial charge in [0.15, 0.2) is 0 Å². The van der Waals surface area contributed by atoms with E-state index in [0.717, 1.165) is 48.9 Å². The topological polar surface area (TPSA) is 70.5 Å². The van der Waals surface area contributed by atoms with Crippen LogP contribution < -0.4 is 10.6 Å². The van der Waals surface area contributed by atoms with E-state index in [4.69, 9.17) is 9.72 Å². The second-order valence-corrected chi connectivity index (χ2v) is 10.8. The van der Waals surface area contributed by atoms with E-state index in [0.29, 0.717) is 30.4 Å². The van der Waals surface area contributed by atoms with E-state index in [-0.39, 0.29) is 11.9 Å². The predicted octanol–water partition coefficient (Wildman–Crippen LogP) is 4.24. The van der Waals surface area contributed by atoms with Gasteiger partial charge in [-0.2, -0.15) is 4.98 Å². The van der Waals surface area contributed by atoms with Crippen molar-refractivity contribution in [2.45, 2.75) is 31.5 Å². The zero-order valence-electron chi connectivity index (χ0n) is 22.0. The highest BCUT2D eigenvalue weighted by atomic mass is 19.1. The molecule has 0 amide bonds. The lowest BCUT2D eigenvalue weighted by molar-refractivity contribution is 0.0255. The molecule has 2 aromatic heterocycles. The van der Waals surface area contributed by atoms with Crippen molar-refractivity contribution in [1.82, 2.24) is 29.7 Å². The number of morpholine rings is 1. The molecule has 9 heteroatoms. The Balaban J connectivity index is 1.03. The SMILES string of the molecule is Fc1cc(-n2ccc3cnc(Nc4ccc(CN5CCN(C6CC6)CC5)cc4)nc32)ccc1C1CNCCO1. The van der Waals surface area contributed by atoms with Gasteiger partial charge in [-0.3, -0.25) is 9.80 Å². The van der Waals surface area contributed by atoms with Crippen LogP contribution in [-0.2, 0) is 11.3 Å². The van der Waals surface area contributed by atoms with E-state index in [2.05, 4.69) is 49.7 Å². The summed E-state index contributed by atoms with van der Waals surface area (Å²) >= 11 is 0. The summed E-state index contributed by atoms with van der Waals surface area (Å²) in [7, 11) is 0. The van der Waals surface area contributed by atoms with Crippen LogP contribution >= 0.6 is 0 Å². The van der Waals surface area contributed by atoms with Gasteiger partial charge < -0.3 is 19.9 Å². The van der Waals surface area contributed by atoms with Crippen molar-refractivity contribution < 1.29 is 9.13 Å². The molecule has 8 nitrogen and oxygen atoms in total. The van der Waals surface area contributed by atoms with E-state index in [1.165, 1.54) is 31.5 Å². The van der Waals surface area contributed by atoms with Crippen molar-refractivity contribution >= 4 is 22.7 Å². The minimum Gasteiger partial charge on any atom is -0.371 e. The molecular formula is C30H34FN7O. The van der Waals surface area contributed by atoms with Gasteiger partial charge in [-0.15, -0.1) is 0 Å². The Labute approximate surface area is 227 Å². The van der Waals surface area contributed by atoms with Crippen molar-refractivity contribution in [3.63, 3.8) is 0 Å². The van der Waals surface area contributed by atoms with Crippen molar-refractivity contribution in [3.8, 4) is 5.69 Å². The second-order valence-electron chi connectivity index (χ2n) is 10.8. The van der Waals surface area contributed by atoms with Gasteiger partial charge in [0.2, 0.25) is 5.95 Å². The number of hydrogen-bond donors (Lipinski definition) is 2. The van der Waals surface area contributed by atoms with E-state index < -0.39 is 0 Å². The Bertz CT molecular complexity index is 1440. The maximum atomic E-state index is 15.1. The van der Waals surface area contributed by atoms with Crippen LogP contribution in [0, 0.1) is 5.82 Å². The van der Waals surface area contributed by atoms with Crippen LogP contribution in [0.4, 0.5) is 16.0 Å². The Morgan fingerprint density at radius 2 is 1.87 bits per heavy atom. The highest BCUT2D eigenvalue weighted by molar-refractivity contribution is 5.78. The van der Waals surface area contributed by atoms with E-state index >= 15 is 4.39 Å². The van der Waals surface area contributed by atoms with Gasteiger partial charge in [0.1, 0.15) is 11.5 Å². The summed E-state index contributed by atoms with van der Waals surface area (Å²) in [5.41, 5.74) is 4.25. The van der Waals surface area contributed by atoms with Gasteiger partial charge in [-0.1, -0.05) is 18.2 Å². The summed E-state index contributed by atoms with van der Waals surface area (Å²) in [4.78, 5) is 14.4.